The van der Waals surface area contributed by atoms with Crippen LogP contribution in [0, 0.1) is 5.41 Å². The molecule has 0 saturated carbocycles. The molecule has 0 aliphatic carbocycles. The topological polar surface area (TPSA) is 145 Å². The molecule has 11 heteroatoms. The Morgan fingerprint density at radius 1 is 1.06 bits per heavy atom. The van der Waals surface area contributed by atoms with E-state index in [9.17, 15) is 23.1 Å². The summed E-state index contributed by atoms with van der Waals surface area (Å²) in [6.07, 6.45) is -0.652. The van der Waals surface area contributed by atoms with Crippen molar-refractivity contribution in [2.75, 3.05) is 13.1 Å². The number of carbonyl (C=O) groups is 2. The van der Waals surface area contributed by atoms with Gasteiger partial charge in [0.05, 0.1) is 11.3 Å². The average Bonchev–Trinajstić information content (AvgIpc) is 2.81. The summed E-state index contributed by atoms with van der Waals surface area (Å²) in [5.74, 6) is -1.93. The summed E-state index contributed by atoms with van der Waals surface area (Å²) in [5.41, 5.74) is 6.76. The second-order valence-electron chi connectivity index (χ2n) is 8.25. The number of halogens is 1. The van der Waals surface area contributed by atoms with Crippen LogP contribution < -0.4 is 5.73 Å². The van der Waals surface area contributed by atoms with Crippen LogP contribution in [0.15, 0.2) is 65.6 Å². The number of amides is 1. The van der Waals surface area contributed by atoms with Crippen LogP contribution >= 0.6 is 11.6 Å². The van der Waals surface area contributed by atoms with Gasteiger partial charge in [0.25, 0.3) is 0 Å². The van der Waals surface area contributed by atoms with Crippen LogP contribution in [0.4, 0.5) is 0 Å². The summed E-state index contributed by atoms with van der Waals surface area (Å²) in [4.78, 5) is 26.2. The third-order valence-electron chi connectivity index (χ3n) is 5.92. The number of rotatable bonds is 7. The van der Waals surface area contributed by atoms with E-state index in [2.05, 4.69) is 0 Å². The molecule has 0 spiro atoms. The number of fused-ring (bicyclic) bond motifs is 1. The van der Waals surface area contributed by atoms with Gasteiger partial charge in [0.1, 0.15) is 11.9 Å². The first-order valence-corrected chi connectivity index (χ1v) is 12.5. The molecule has 1 aliphatic rings. The van der Waals surface area contributed by atoms with Crippen molar-refractivity contribution in [1.82, 2.24) is 9.21 Å². The molecule has 3 aromatic carbocycles. The molecule has 4 rings (SSSR count). The lowest BCUT2D eigenvalue weighted by Gasteiger charge is -2.39. The maximum absolute atomic E-state index is 13.5. The third kappa shape index (κ3) is 5.14. The molecular formula is C24H23ClN4O5S. The molecule has 0 aromatic heterocycles. The summed E-state index contributed by atoms with van der Waals surface area (Å²) in [6, 6.07) is 15.0. The number of nitrogens with zero attached hydrogens (tertiary/aromatic N) is 2. The van der Waals surface area contributed by atoms with Crippen LogP contribution in [0.5, 0.6) is 0 Å². The van der Waals surface area contributed by atoms with Gasteiger partial charge in [0.15, 0.2) is 0 Å². The van der Waals surface area contributed by atoms with E-state index in [4.69, 9.17) is 22.7 Å². The van der Waals surface area contributed by atoms with E-state index in [-0.39, 0.29) is 30.4 Å². The third-order valence-corrected chi connectivity index (χ3v) is 8.06. The lowest BCUT2D eigenvalue weighted by molar-refractivity contribution is -0.147. The fraction of sp³-hybridized carbons (Fsp3) is 0.208. The number of nitrogens with two attached hydrogens (primary N) is 1. The fourth-order valence-electron chi connectivity index (χ4n) is 4.12. The molecule has 1 heterocycles. The smallest absolute Gasteiger partial charge is 0.305 e. The van der Waals surface area contributed by atoms with Crippen LogP contribution in [0.25, 0.3) is 10.8 Å². The van der Waals surface area contributed by atoms with Crippen LogP contribution in [0.2, 0.25) is 5.02 Å². The number of hydrogen-bond acceptors (Lipinski definition) is 5. The highest BCUT2D eigenvalue weighted by Crippen LogP contribution is 2.28. The summed E-state index contributed by atoms with van der Waals surface area (Å²) in [6.45, 7) is 0.236. The van der Waals surface area contributed by atoms with Gasteiger partial charge >= 0.3 is 5.97 Å². The molecule has 1 unspecified atom stereocenters. The molecule has 1 amide bonds. The number of nitrogens with one attached hydrogen (secondary N) is 1. The average molecular weight is 515 g/mol. The lowest BCUT2D eigenvalue weighted by atomic mass is 10.1. The predicted octanol–water partition coefficient (Wildman–Crippen LogP) is 2.65. The Hall–Kier alpha value is -3.47. The summed E-state index contributed by atoms with van der Waals surface area (Å²) in [7, 11) is -4.15. The minimum absolute atomic E-state index is 0.0243. The summed E-state index contributed by atoms with van der Waals surface area (Å²) < 4.78 is 28.0. The standard InChI is InChI=1S/C24H23ClN4O5S/c25-19-7-5-18-12-20(8-6-17(18)11-19)35(33,34)29-10-9-28(24(32)21(29)13-22(30)31)14-15-1-3-16(4-2-15)23(26)27/h1-8,11-12,21H,9-10,13-14H2,(H3,26,27)(H,30,31). The van der Waals surface area contributed by atoms with Gasteiger partial charge in [-0.25, -0.2) is 8.42 Å². The number of carboxylic acids is 1. The molecule has 182 valence electrons. The van der Waals surface area contributed by atoms with Gasteiger partial charge in [-0.1, -0.05) is 48.0 Å². The van der Waals surface area contributed by atoms with Crippen LogP contribution in [-0.2, 0) is 26.2 Å². The number of piperazine rings is 1. The first-order chi connectivity index (χ1) is 16.6. The van der Waals surface area contributed by atoms with E-state index in [1.807, 2.05) is 0 Å². The predicted molar refractivity (Wildman–Crippen MR) is 132 cm³/mol. The second kappa shape index (κ2) is 9.65. The van der Waals surface area contributed by atoms with E-state index in [1.165, 1.54) is 17.0 Å². The van der Waals surface area contributed by atoms with Crippen molar-refractivity contribution in [3.05, 3.63) is 76.8 Å². The molecular weight excluding hydrogens is 492 g/mol. The van der Waals surface area contributed by atoms with Gasteiger partial charge in [-0.2, -0.15) is 4.31 Å². The Balaban J connectivity index is 1.61. The van der Waals surface area contributed by atoms with Gasteiger partial charge in [-0.15, -0.1) is 0 Å². The number of carboxylic acid groups (broad SMARTS) is 1. The number of carbonyl (C=O) groups excluding carboxylic acids is 1. The van der Waals surface area contributed by atoms with Gasteiger partial charge in [-0.3, -0.25) is 15.0 Å². The lowest BCUT2D eigenvalue weighted by Crippen LogP contribution is -2.58. The molecule has 35 heavy (non-hydrogen) atoms. The first kappa shape index (κ1) is 24.6. The maximum atomic E-state index is 13.5. The van der Waals surface area contributed by atoms with E-state index in [1.54, 1.807) is 48.5 Å². The fourth-order valence-corrected chi connectivity index (χ4v) is 5.91. The van der Waals surface area contributed by atoms with Gasteiger partial charge in [0.2, 0.25) is 15.9 Å². The molecule has 4 N–H and O–H groups in total. The quantitative estimate of drug-likeness (QED) is 0.326. The minimum atomic E-state index is -4.15. The number of sulfonamides is 1. The second-order valence-corrected chi connectivity index (χ2v) is 10.6. The number of hydrogen-bond donors (Lipinski definition) is 3. The van der Waals surface area contributed by atoms with Crippen LogP contribution in [-0.4, -0.2) is 59.6 Å². The van der Waals surface area contributed by atoms with E-state index in [0.29, 0.717) is 16.0 Å². The summed E-state index contributed by atoms with van der Waals surface area (Å²) >= 11 is 6.01. The van der Waals surface area contributed by atoms with Crippen molar-refractivity contribution in [1.29, 1.82) is 5.41 Å². The van der Waals surface area contributed by atoms with E-state index in [0.717, 1.165) is 15.3 Å². The zero-order valence-electron chi connectivity index (χ0n) is 18.5. The van der Waals surface area contributed by atoms with Crippen molar-refractivity contribution in [2.24, 2.45) is 5.73 Å². The number of benzene rings is 3. The number of nitrogen functional groups attached to an aromatic ring is 1. The number of amidine groups is 1. The molecule has 3 aromatic rings. The van der Waals surface area contributed by atoms with Gasteiger partial charge in [0, 0.05) is 30.2 Å². The Bertz CT molecular complexity index is 1430. The zero-order chi connectivity index (χ0) is 25.3. The minimum Gasteiger partial charge on any atom is -0.481 e. The number of aliphatic carboxylic acids is 1. The highest BCUT2D eigenvalue weighted by molar-refractivity contribution is 7.89. The Labute approximate surface area is 207 Å². The largest absolute Gasteiger partial charge is 0.481 e. The Morgan fingerprint density at radius 2 is 1.71 bits per heavy atom. The van der Waals surface area contributed by atoms with E-state index < -0.39 is 34.4 Å². The first-order valence-electron chi connectivity index (χ1n) is 10.7. The molecule has 1 atom stereocenters. The van der Waals surface area contributed by atoms with Crippen LogP contribution in [0.3, 0.4) is 0 Å². The van der Waals surface area contributed by atoms with Crippen molar-refractivity contribution < 1.29 is 23.1 Å². The molecule has 0 bridgehead atoms. The molecule has 1 fully saturated rings. The molecule has 9 nitrogen and oxygen atoms in total. The monoisotopic (exact) mass is 514 g/mol. The van der Waals surface area contributed by atoms with E-state index >= 15 is 0 Å². The molecule has 1 aliphatic heterocycles. The molecule has 1 saturated heterocycles. The maximum Gasteiger partial charge on any atom is 0.305 e. The normalized spacial score (nSPS) is 17.0. The van der Waals surface area contributed by atoms with Crippen molar-refractivity contribution >= 4 is 50.1 Å². The summed E-state index contributed by atoms with van der Waals surface area (Å²) in [5, 5.41) is 18.8. The van der Waals surface area contributed by atoms with Gasteiger partial charge in [-0.05, 0) is 40.6 Å². The zero-order valence-corrected chi connectivity index (χ0v) is 20.1. The van der Waals surface area contributed by atoms with Crippen molar-refractivity contribution in [3.8, 4) is 0 Å². The van der Waals surface area contributed by atoms with Crippen molar-refractivity contribution in [3.63, 3.8) is 0 Å². The Kier molecular flexibility index (Phi) is 6.79. The SMILES string of the molecule is N=C(N)c1ccc(CN2CCN(S(=O)(=O)c3ccc4cc(Cl)ccc4c3)C(CC(=O)O)C2=O)cc1. The highest BCUT2D eigenvalue weighted by atomic mass is 35.5. The van der Waals surface area contributed by atoms with Gasteiger partial charge < -0.3 is 15.7 Å². The Morgan fingerprint density at radius 3 is 2.37 bits per heavy atom. The molecule has 0 radical (unpaired) electrons. The van der Waals surface area contributed by atoms with Crippen molar-refractivity contribution in [2.45, 2.75) is 23.9 Å². The van der Waals surface area contributed by atoms with Crippen LogP contribution in [0.1, 0.15) is 17.5 Å². The highest BCUT2D eigenvalue weighted by Gasteiger charge is 2.42.